The Morgan fingerprint density at radius 1 is 0.861 bits per heavy atom. The monoisotopic (exact) mass is 476 g/mol. The standard InChI is InChI=1S/C29H20N2O5/c1-31-24-15-9-8-14-20(24)27-21(28(31)34)16-23(29(35)36-27)30-17-22(25(32)18-10-4-2-5-11-18)26(33)19-12-6-3-7-13-19/h2-17,32H,1H3/b25-22+,30-17?. The van der Waals surface area contributed by atoms with Gasteiger partial charge in [0.15, 0.2) is 11.4 Å². The zero-order chi connectivity index (χ0) is 25.2. The predicted molar refractivity (Wildman–Crippen MR) is 140 cm³/mol. The lowest BCUT2D eigenvalue weighted by Crippen LogP contribution is -2.18. The number of ketones is 1. The van der Waals surface area contributed by atoms with E-state index in [9.17, 15) is 19.5 Å². The fraction of sp³-hybridized carbons (Fsp3) is 0.0345. The van der Waals surface area contributed by atoms with Crippen molar-refractivity contribution < 1.29 is 14.3 Å². The van der Waals surface area contributed by atoms with Crippen molar-refractivity contribution in [2.75, 3.05) is 0 Å². The summed E-state index contributed by atoms with van der Waals surface area (Å²) in [6.45, 7) is 0. The van der Waals surface area contributed by atoms with Gasteiger partial charge in [0.25, 0.3) is 5.56 Å². The Bertz CT molecular complexity index is 1800. The second-order valence-corrected chi connectivity index (χ2v) is 8.12. The number of carbonyl (C=O) groups is 1. The van der Waals surface area contributed by atoms with E-state index in [2.05, 4.69) is 4.99 Å². The Hall–Kier alpha value is -5.04. The van der Waals surface area contributed by atoms with Gasteiger partial charge in [-0.3, -0.25) is 9.59 Å². The number of fused-ring (bicyclic) bond motifs is 3. The van der Waals surface area contributed by atoms with Crippen LogP contribution >= 0.6 is 0 Å². The number of rotatable bonds is 5. The lowest BCUT2D eigenvalue weighted by molar-refractivity contribution is 0.104. The van der Waals surface area contributed by atoms with E-state index in [1.54, 1.807) is 92.0 Å². The molecule has 176 valence electrons. The molecule has 0 saturated heterocycles. The first-order valence-corrected chi connectivity index (χ1v) is 11.1. The molecule has 0 fully saturated rings. The molecule has 2 aromatic heterocycles. The minimum Gasteiger partial charge on any atom is -0.506 e. The predicted octanol–water partition coefficient (Wildman–Crippen LogP) is 5.20. The number of aliphatic hydroxyl groups is 1. The number of aliphatic hydroxyl groups excluding tert-OH is 1. The van der Waals surface area contributed by atoms with Crippen LogP contribution in [0.25, 0.3) is 27.6 Å². The fourth-order valence-electron chi connectivity index (χ4n) is 4.02. The molecule has 0 spiro atoms. The number of carbonyl (C=O) groups excluding carboxylic acids is 1. The second kappa shape index (κ2) is 9.31. The molecule has 0 aliphatic heterocycles. The summed E-state index contributed by atoms with van der Waals surface area (Å²) in [6.07, 6.45) is 1.13. The summed E-state index contributed by atoms with van der Waals surface area (Å²) < 4.78 is 6.99. The number of benzene rings is 3. The van der Waals surface area contributed by atoms with Crippen LogP contribution in [0.2, 0.25) is 0 Å². The minimum atomic E-state index is -0.775. The van der Waals surface area contributed by atoms with E-state index < -0.39 is 11.4 Å². The molecule has 5 aromatic rings. The summed E-state index contributed by atoms with van der Waals surface area (Å²) in [4.78, 5) is 43.2. The number of nitrogens with zero attached hydrogens (tertiary/aromatic N) is 2. The molecule has 7 heteroatoms. The van der Waals surface area contributed by atoms with Gasteiger partial charge in [0.05, 0.1) is 16.5 Å². The van der Waals surface area contributed by atoms with Crippen molar-refractivity contribution >= 4 is 45.3 Å². The van der Waals surface area contributed by atoms with Gasteiger partial charge in [-0.1, -0.05) is 72.8 Å². The normalized spacial score (nSPS) is 12.2. The van der Waals surface area contributed by atoms with Crippen LogP contribution in [0.4, 0.5) is 5.69 Å². The highest BCUT2D eigenvalue weighted by Gasteiger charge is 2.18. The lowest BCUT2D eigenvalue weighted by atomic mass is 10.00. The molecule has 0 radical (unpaired) electrons. The molecule has 7 nitrogen and oxygen atoms in total. The first-order valence-electron chi connectivity index (χ1n) is 11.1. The molecular weight excluding hydrogens is 456 g/mol. The molecule has 0 unspecified atom stereocenters. The molecule has 0 saturated carbocycles. The highest BCUT2D eigenvalue weighted by molar-refractivity contribution is 6.25. The average molecular weight is 476 g/mol. The van der Waals surface area contributed by atoms with Gasteiger partial charge in [-0.15, -0.1) is 0 Å². The maximum absolute atomic E-state index is 13.3. The third kappa shape index (κ3) is 4.03. The van der Waals surface area contributed by atoms with Crippen molar-refractivity contribution in [1.29, 1.82) is 0 Å². The summed E-state index contributed by atoms with van der Waals surface area (Å²) in [6, 6.07) is 25.4. The van der Waals surface area contributed by atoms with Crippen molar-refractivity contribution in [2.45, 2.75) is 0 Å². The molecule has 36 heavy (non-hydrogen) atoms. The SMILES string of the molecule is Cn1c(=O)c2cc(N=C/C(C(=O)c3ccccc3)=C(\O)c3ccccc3)c(=O)oc2c2ccccc21. The van der Waals surface area contributed by atoms with Gasteiger partial charge in [0, 0.05) is 29.8 Å². The quantitative estimate of drug-likeness (QED) is 0.124. The van der Waals surface area contributed by atoms with Gasteiger partial charge in [-0.05, 0) is 18.2 Å². The Morgan fingerprint density at radius 3 is 2.17 bits per heavy atom. The number of aliphatic imine (C=N–C) groups is 1. The molecule has 0 amide bonds. The van der Waals surface area contributed by atoms with Crippen LogP contribution in [0.1, 0.15) is 15.9 Å². The number of aromatic nitrogens is 1. The van der Waals surface area contributed by atoms with Crippen LogP contribution in [0.5, 0.6) is 0 Å². The maximum atomic E-state index is 13.3. The molecule has 0 atom stereocenters. The van der Waals surface area contributed by atoms with Crippen molar-refractivity contribution in [1.82, 2.24) is 4.57 Å². The van der Waals surface area contributed by atoms with E-state index in [4.69, 9.17) is 4.42 Å². The third-order valence-corrected chi connectivity index (χ3v) is 5.89. The number of Topliss-reactive ketones (excluding diaryl/α,β-unsaturated/α-hetero) is 1. The van der Waals surface area contributed by atoms with Gasteiger partial charge in [-0.2, -0.15) is 0 Å². The summed E-state index contributed by atoms with van der Waals surface area (Å²) in [5, 5.41) is 11.7. The number of para-hydroxylation sites is 1. The summed E-state index contributed by atoms with van der Waals surface area (Å²) in [5.74, 6) is -0.770. The Kier molecular flexibility index (Phi) is 5.88. The second-order valence-electron chi connectivity index (χ2n) is 8.12. The van der Waals surface area contributed by atoms with E-state index >= 15 is 0 Å². The number of hydrogen-bond donors (Lipinski definition) is 1. The lowest BCUT2D eigenvalue weighted by Gasteiger charge is -2.08. The molecule has 0 bridgehead atoms. The van der Waals surface area contributed by atoms with Crippen LogP contribution < -0.4 is 11.2 Å². The smallest absolute Gasteiger partial charge is 0.362 e. The highest BCUT2D eigenvalue weighted by atomic mass is 16.4. The van der Waals surface area contributed by atoms with Crippen LogP contribution in [-0.2, 0) is 7.05 Å². The molecule has 0 aliphatic carbocycles. The molecule has 2 heterocycles. The third-order valence-electron chi connectivity index (χ3n) is 5.89. The minimum absolute atomic E-state index is 0.113. The Labute approximate surface area is 204 Å². The van der Waals surface area contributed by atoms with Gasteiger partial charge < -0.3 is 14.1 Å². The molecule has 3 aromatic carbocycles. The maximum Gasteiger partial charge on any atom is 0.362 e. The topological polar surface area (TPSA) is 102 Å². The number of pyridine rings is 1. The van der Waals surface area contributed by atoms with E-state index in [-0.39, 0.29) is 33.5 Å². The van der Waals surface area contributed by atoms with Crippen molar-refractivity contribution in [3.63, 3.8) is 0 Å². The first-order chi connectivity index (χ1) is 17.5. The summed E-state index contributed by atoms with van der Waals surface area (Å²) >= 11 is 0. The van der Waals surface area contributed by atoms with Crippen LogP contribution in [0, 0.1) is 0 Å². The summed E-state index contributed by atoms with van der Waals surface area (Å²) in [7, 11) is 1.63. The van der Waals surface area contributed by atoms with E-state index in [0.29, 0.717) is 22.0 Å². The zero-order valence-electron chi connectivity index (χ0n) is 19.2. The van der Waals surface area contributed by atoms with Crippen LogP contribution in [0.15, 0.2) is 116 Å². The van der Waals surface area contributed by atoms with Gasteiger partial charge in [0.1, 0.15) is 11.4 Å². The summed E-state index contributed by atoms with van der Waals surface area (Å²) in [5.41, 5.74) is 0.130. The van der Waals surface area contributed by atoms with Crippen LogP contribution in [0.3, 0.4) is 0 Å². The highest BCUT2D eigenvalue weighted by Crippen LogP contribution is 2.24. The number of hydrogen-bond acceptors (Lipinski definition) is 6. The molecule has 0 aliphatic rings. The van der Waals surface area contributed by atoms with Gasteiger partial charge >= 0.3 is 5.63 Å². The number of allylic oxidation sites excluding steroid dienone is 1. The zero-order valence-corrected chi connectivity index (χ0v) is 19.2. The van der Waals surface area contributed by atoms with Crippen molar-refractivity contribution in [2.24, 2.45) is 12.0 Å². The number of aryl methyl sites for hydroxylation is 1. The van der Waals surface area contributed by atoms with E-state index in [1.165, 1.54) is 10.6 Å². The Morgan fingerprint density at radius 2 is 1.47 bits per heavy atom. The molecule has 5 rings (SSSR count). The van der Waals surface area contributed by atoms with Gasteiger partial charge in [-0.25, -0.2) is 9.79 Å². The van der Waals surface area contributed by atoms with Gasteiger partial charge in [0.2, 0.25) is 0 Å². The molecule has 1 N–H and O–H groups in total. The molecular formula is C29H20N2O5. The first kappa shape index (κ1) is 22.7. The van der Waals surface area contributed by atoms with Crippen LogP contribution in [-0.4, -0.2) is 21.7 Å². The van der Waals surface area contributed by atoms with E-state index in [1.807, 2.05) is 0 Å². The average Bonchev–Trinajstić information content (AvgIpc) is 2.93. The van der Waals surface area contributed by atoms with E-state index in [0.717, 1.165) is 6.21 Å². The van der Waals surface area contributed by atoms with Crippen molar-refractivity contribution in [3.05, 3.63) is 128 Å². The van der Waals surface area contributed by atoms with Crippen molar-refractivity contribution in [3.8, 4) is 0 Å². The Balaban J connectivity index is 1.68. The largest absolute Gasteiger partial charge is 0.506 e. The fourth-order valence-corrected chi connectivity index (χ4v) is 4.02.